The van der Waals surface area contributed by atoms with E-state index in [1.54, 1.807) is 17.5 Å². The molecule has 0 bridgehead atoms. The molecule has 2 aliphatic rings. The first kappa shape index (κ1) is 20.8. The van der Waals surface area contributed by atoms with Crippen LogP contribution in [0.2, 0.25) is 0 Å². The number of fused-ring (bicyclic) bond motifs is 1. The van der Waals surface area contributed by atoms with Crippen molar-refractivity contribution in [3.05, 3.63) is 40.7 Å². The number of anilines is 1. The lowest BCUT2D eigenvalue weighted by atomic mass is 9.90. The van der Waals surface area contributed by atoms with Crippen LogP contribution in [0.1, 0.15) is 36.0 Å². The van der Waals surface area contributed by atoms with Crippen LogP contribution in [0, 0.1) is 5.92 Å². The van der Waals surface area contributed by atoms with E-state index in [4.69, 9.17) is 4.98 Å². The number of thiazole rings is 1. The van der Waals surface area contributed by atoms with Crippen LogP contribution in [0.3, 0.4) is 0 Å². The van der Waals surface area contributed by atoms with Gasteiger partial charge in [0.15, 0.2) is 5.13 Å². The highest BCUT2D eigenvalue weighted by molar-refractivity contribution is 7.15. The second kappa shape index (κ2) is 9.55. The van der Waals surface area contributed by atoms with Gasteiger partial charge in [0.25, 0.3) is 0 Å². The van der Waals surface area contributed by atoms with Gasteiger partial charge in [0.2, 0.25) is 11.8 Å². The molecule has 7 nitrogen and oxygen atoms in total. The van der Waals surface area contributed by atoms with E-state index in [0.29, 0.717) is 13.0 Å². The van der Waals surface area contributed by atoms with Crippen LogP contribution in [0.4, 0.5) is 5.13 Å². The Bertz CT molecular complexity index is 877. The topological polar surface area (TPSA) is 78.4 Å². The zero-order valence-corrected chi connectivity index (χ0v) is 18.3. The molecule has 1 atom stereocenters. The molecular weight excluding hydrogens is 398 g/mol. The summed E-state index contributed by atoms with van der Waals surface area (Å²) in [4.78, 5) is 39.1. The number of hydrogen-bond donors (Lipinski definition) is 1. The van der Waals surface area contributed by atoms with Crippen molar-refractivity contribution in [1.82, 2.24) is 20.2 Å². The minimum absolute atomic E-state index is 0.0218. The Morgan fingerprint density at radius 3 is 2.80 bits per heavy atom. The number of pyridine rings is 1. The van der Waals surface area contributed by atoms with Gasteiger partial charge in [-0.2, -0.15) is 0 Å². The van der Waals surface area contributed by atoms with Crippen molar-refractivity contribution in [2.45, 2.75) is 39.0 Å². The van der Waals surface area contributed by atoms with Gasteiger partial charge in [-0.3, -0.25) is 14.6 Å². The number of amides is 2. The molecule has 2 aromatic heterocycles. The minimum Gasteiger partial charge on any atom is -0.355 e. The van der Waals surface area contributed by atoms with Crippen LogP contribution in [0.15, 0.2) is 24.4 Å². The number of rotatable bonds is 6. The predicted octanol–water partition coefficient (Wildman–Crippen LogP) is 2.06. The van der Waals surface area contributed by atoms with Crippen molar-refractivity contribution >= 4 is 28.3 Å². The first-order chi connectivity index (χ1) is 14.6. The van der Waals surface area contributed by atoms with Crippen LogP contribution in [0.25, 0.3) is 0 Å². The fraction of sp³-hybridized carbons (Fsp3) is 0.545. The molecule has 0 unspecified atom stereocenters. The van der Waals surface area contributed by atoms with Crippen molar-refractivity contribution in [3.63, 3.8) is 0 Å². The molecule has 0 saturated carbocycles. The fourth-order valence-corrected chi connectivity index (χ4v) is 5.33. The van der Waals surface area contributed by atoms with Crippen molar-refractivity contribution in [1.29, 1.82) is 0 Å². The van der Waals surface area contributed by atoms with Gasteiger partial charge in [-0.1, -0.05) is 13.0 Å². The van der Waals surface area contributed by atoms with Gasteiger partial charge in [-0.15, -0.1) is 11.3 Å². The monoisotopic (exact) mass is 427 g/mol. The predicted molar refractivity (Wildman–Crippen MR) is 118 cm³/mol. The average molecular weight is 428 g/mol. The molecule has 160 valence electrons. The van der Waals surface area contributed by atoms with Gasteiger partial charge in [-0.05, 0) is 31.4 Å². The first-order valence-corrected chi connectivity index (χ1v) is 11.6. The van der Waals surface area contributed by atoms with Gasteiger partial charge in [0.1, 0.15) is 0 Å². The number of carbonyl (C=O) groups excluding carboxylic acids is 2. The third kappa shape index (κ3) is 4.80. The summed E-state index contributed by atoms with van der Waals surface area (Å²) in [5.74, 6) is 0.386. The summed E-state index contributed by atoms with van der Waals surface area (Å²) in [5.41, 5.74) is 2.15. The minimum atomic E-state index is 0.0218. The van der Waals surface area contributed by atoms with Gasteiger partial charge in [0.05, 0.1) is 5.69 Å². The lowest BCUT2D eigenvalue weighted by molar-refractivity contribution is -0.131. The number of piperazine rings is 1. The highest BCUT2D eigenvalue weighted by Crippen LogP contribution is 2.34. The lowest BCUT2D eigenvalue weighted by Crippen LogP contribution is -2.48. The van der Waals surface area contributed by atoms with E-state index < -0.39 is 0 Å². The summed E-state index contributed by atoms with van der Waals surface area (Å²) in [6.45, 7) is 5.71. The molecule has 1 aliphatic heterocycles. The molecule has 0 spiro atoms. The number of aromatic nitrogens is 2. The Hall–Kier alpha value is -2.48. The summed E-state index contributed by atoms with van der Waals surface area (Å²) in [6.07, 6.45) is 5.58. The maximum atomic E-state index is 12.6. The quantitative estimate of drug-likeness (QED) is 0.764. The lowest BCUT2D eigenvalue weighted by Gasteiger charge is -2.34. The van der Waals surface area contributed by atoms with E-state index in [1.807, 2.05) is 30.0 Å². The molecule has 30 heavy (non-hydrogen) atoms. The molecule has 0 radical (unpaired) electrons. The largest absolute Gasteiger partial charge is 0.355 e. The highest BCUT2D eigenvalue weighted by Gasteiger charge is 2.29. The van der Waals surface area contributed by atoms with E-state index >= 15 is 0 Å². The molecule has 8 heteroatoms. The summed E-state index contributed by atoms with van der Waals surface area (Å²) in [7, 11) is 0. The smallest absolute Gasteiger partial charge is 0.223 e. The molecule has 1 aliphatic carbocycles. The summed E-state index contributed by atoms with van der Waals surface area (Å²) < 4.78 is 0. The molecule has 4 rings (SSSR count). The molecule has 3 heterocycles. The maximum Gasteiger partial charge on any atom is 0.223 e. The van der Waals surface area contributed by atoms with E-state index in [9.17, 15) is 9.59 Å². The molecule has 1 saturated heterocycles. The number of hydrogen-bond acceptors (Lipinski definition) is 6. The zero-order chi connectivity index (χ0) is 20.9. The maximum absolute atomic E-state index is 12.6. The molecule has 1 N–H and O–H groups in total. The fourth-order valence-electron chi connectivity index (χ4n) is 4.10. The van der Waals surface area contributed by atoms with Gasteiger partial charge in [0, 0.05) is 68.3 Å². The number of nitrogens with one attached hydrogen (secondary N) is 1. The van der Waals surface area contributed by atoms with Gasteiger partial charge >= 0.3 is 0 Å². The second-order valence-electron chi connectivity index (χ2n) is 7.89. The summed E-state index contributed by atoms with van der Waals surface area (Å²) in [6, 6.07) is 5.85. The molecule has 0 aromatic carbocycles. The van der Waals surface area contributed by atoms with Crippen LogP contribution >= 0.6 is 11.3 Å². The average Bonchev–Trinajstić information content (AvgIpc) is 3.22. The van der Waals surface area contributed by atoms with Crippen molar-refractivity contribution in [2.75, 3.05) is 37.6 Å². The van der Waals surface area contributed by atoms with E-state index in [1.165, 1.54) is 4.88 Å². The van der Waals surface area contributed by atoms with E-state index in [-0.39, 0.29) is 17.7 Å². The van der Waals surface area contributed by atoms with Crippen LogP contribution in [0.5, 0.6) is 0 Å². The number of carbonyl (C=O) groups is 2. The SMILES string of the molecule is CCC(=O)N1CCN(c2nc3c(s2)C[C@H](C(=O)NCCc2ccccn2)CC3)CC1. The second-order valence-corrected chi connectivity index (χ2v) is 8.95. The summed E-state index contributed by atoms with van der Waals surface area (Å²) >= 11 is 1.72. The molecule has 2 aromatic rings. The Balaban J connectivity index is 1.29. The molecule has 1 fully saturated rings. The van der Waals surface area contributed by atoms with E-state index in [0.717, 1.165) is 68.4 Å². The van der Waals surface area contributed by atoms with Gasteiger partial charge < -0.3 is 15.1 Å². The first-order valence-electron chi connectivity index (χ1n) is 10.8. The Morgan fingerprint density at radius 1 is 1.23 bits per heavy atom. The number of nitrogens with zero attached hydrogens (tertiary/aromatic N) is 4. The zero-order valence-electron chi connectivity index (χ0n) is 17.5. The standard InChI is InChI=1S/C22H29N5O2S/c1-2-20(28)26-11-13-27(14-12-26)22-25-18-7-6-16(15-19(18)30-22)21(29)24-10-8-17-5-3-4-9-23-17/h3-5,9,16H,2,6-8,10-15H2,1H3,(H,24,29)/t16-/m1/s1. The normalized spacial score (nSPS) is 18.8. The third-order valence-corrected chi connectivity index (χ3v) is 7.09. The van der Waals surface area contributed by atoms with Crippen molar-refractivity contribution in [3.8, 4) is 0 Å². The Kier molecular flexibility index (Phi) is 6.62. The van der Waals surface area contributed by atoms with Crippen LogP contribution in [-0.4, -0.2) is 59.4 Å². The number of aryl methyl sites for hydroxylation is 1. The molecular formula is C22H29N5O2S. The third-order valence-electron chi connectivity index (χ3n) is 5.91. The van der Waals surface area contributed by atoms with Crippen molar-refractivity contribution in [2.24, 2.45) is 5.92 Å². The van der Waals surface area contributed by atoms with Crippen LogP contribution < -0.4 is 10.2 Å². The Labute approximate surface area is 181 Å². The van der Waals surface area contributed by atoms with E-state index in [2.05, 4.69) is 15.2 Å². The van der Waals surface area contributed by atoms with Crippen molar-refractivity contribution < 1.29 is 9.59 Å². The highest BCUT2D eigenvalue weighted by atomic mass is 32.1. The van der Waals surface area contributed by atoms with Gasteiger partial charge in [-0.25, -0.2) is 4.98 Å². The molecule has 2 amide bonds. The Morgan fingerprint density at radius 2 is 2.07 bits per heavy atom. The van der Waals surface area contributed by atoms with Crippen LogP contribution in [-0.2, 0) is 28.9 Å². The summed E-state index contributed by atoms with van der Waals surface area (Å²) in [5, 5.41) is 4.12.